The first-order chi connectivity index (χ1) is 9.08. The summed E-state index contributed by atoms with van der Waals surface area (Å²) in [5, 5.41) is 0. The Morgan fingerprint density at radius 3 is 2.95 bits per heavy atom. The second kappa shape index (κ2) is 5.61. The Morgan fingerprint density at radius 1 is 1.53 bits per heavy atom. The highest BCUT2D eigenvalue weighted by Gasteiger charge is 2.35. The van der Waals surface area contributed by atoms with Gasteiger partial charge < -0.3 is 15.4 Å². The standard InChI is InChI=1S/C15H22N2O2/c1-3-19-13-6-4-5-12(9-13)14(18)17-8-7-15(2,10-16)11-17/h4-6,9H,3,7-8,10-11,16H2,1-2H3. The molecule has 1 heterocycles. The lowest BCUT2D eigenvalue weighted by Gasteiger charge is -2.22. The lowest BCUT2D eigenvalue weighted by Crippen LogP contribution is -2.34. The molecule has 0 aromatic heterocycles. The zero-order valence-electron chi connectivity index (χ0n) is 11.7. The van der Waals surface area contributed by atoms with Gasteiger partial charge in [-0.15, -0.1) is 0 Å². The number of carbonyl (C=O) groups excluding carboxylic acids is 1. The third kappa shape index (κ3) is 3.07. The predicted octanol–water partition coefficient (Wildman–Crippen LogP) is 1.90. The van der Waals surface area contributed by atoms with Gasteiger partial charge in [-0.05, 0) is 43.5 Å². The van der Waals surface area contributed by atoms with Gasteiger partial charge >= 0.3 is 0 Å². The van der Waals surface area contributed by atoms with Gasteiger partial charge in [0.25, 0.3) is 5.91 Å². The van der Waals surface area contributed by atoms with E-state index in [4.69, 9.17) is 10.5 Å². The van der Waals surface area contributed by atoms with Crippen LogP contribution in [0.15, 0.2) is 24.3 Å². The van der Waals surface area contributed by atoms with E-state index in [0.29, 0.717) is 18.7 Å². The molecule has 19 heavy (non-hydrogen) atoms. The minimum Gasteiger partial charge on any atom is -0.494 e. The largest absolute Gasteiger partial charge is 0.494 e. The molecule has 1 aromatic rings. The average molecular weight is 262 g/mol. The summed E-state index contributed by atoms with van der Waals surface area (Å²) in [4.78, 5) is 14.3. The highest BCUT2D eigenvalue weighted by molar-refractivity contribution is 5.94. The van der Waals surface area contributed by atoms with Crippen LogP contribution in [0.3, 0.4) is 0 Å². The van der Waals surface area contributed by atoms with Gasteiger partial charge in [-0.3, -0.25) is 4.79 Å². The number of nitrogens with zero attached hydrogens (tertiary/aromatic N) is 1. The van der Waals surface area contributed by atoms with Crippen LogP contribution in [0.5, 0.6) is 5.75 Å². The van der Waals surface area contributed by atoms with Crippen LogP contribution in [0.25, 0.3) is 0 Å². The molecule has 104 valence electrons. The van der Waals surface area contributed by atoms with Crippen LogP contribution in [0.4, 0.5) is 0 Å². The number of benzene rings is 1. The fourth-order valence-electron chi connectivity index (χ4n) is 2.43. The Balaban J connectivity index is 2.10. The first-order valence-corrected chi connectivity index (χ1v) is 6.80. The summed E-state index contributed by atoms with van der Waals surface area (Å²) in [6, 6.07) is 7.37. The van der Waals surface area contributed by atoms with E-state index in [-0.39, 0.29) is 11.3 Å². The molecule has 2 N–H and O–H groups in total. The zero-order chi connectivity index (χ0) is 13.9. The van der Waals surface area contributed by atoms with Crippen molar-refractivity contribution in [1.29, 1.82) is 0 Å². The smallest absolute Gasteiger partial charge is 0.254 e. The zero-order valence-corrected chi connectivity index (χ0v) is 11.7. The molecule has 1 atom stereocenters. The number of carbonyl (C=O) groups is 1. The molecule has 0 aliphatic carbocycles. The summed E-state index contributed by atoms with van der Waals surface area (Å²) in [7, 11) is 0. The summed E-state index contributed by atoms with van der Waals surface area (Å²) in [5.41, 5.74) is 6.52. The highest BCUT2D eigenvalue weighted by Crippen LogP contribution is 2.29. The van der Waals surface area contributed by atoms with E-state index in [1.165, 1.54) is 0 Å². The van der Waals surface area contributed by atoms with Crippen molar-refractivity contribution in [2.45, 2.75) is 20.3 Å². The number of nitrogens with two attached hydrogens (primary N) is 1. The molecule has 4 nitrogen and oxygen atoms in total. The van der Waals surface area contributed by atoms with Gasteiger partial charge in [-0.2, -0.15) is 0 Å². The van der Waals surface area contributed by atoms with E-state index in [0.717, 1.165) is 25.3 Å². The molecule has 1 fully saturated rings. The normalized spacial score (nSPS) is 22.6. The Labute approximate surface area is 114 Å². The predicted molar refractivity (Wildman–Crippen MR) is 75.3 cm³/mol. The van der Waals surface area contributed by atoms with Crippen LogP contribution in [0, 0.1) is 5.41 Å². The van der Waals surface area contributed by atoms with Gasteiger partial charge in [-0.25, -0.2) is 0 Å². The number of likely N-dealkylation sites (tertiary alicyclic amines) is 1. The molecule has 4 heteroatoms. The molecule has 1 amide bonds. The molecular weight excluding hydrogens is 240 g/mol. The maximum Gasteiger partial charge on any atom is 0.254 e. The van der Waals surface area contributed by atoms with Gasteiger partial charge in [0.05, 0.1) is 6.61 Å². The summed E-state index contributed by atoms with van der Waals surface area (Å²) < 4.78 is 5.43. The van der Waals surface area contributed by atoms with E-state index in [2.05, 4.69) is 6.92 Å². The maximum atomic E-state index is 12.4. The van der Waals surface area contributed by atoms with Crippen molar-refractivity contribution in [3.05, 3.63) is 29.8 Å². The molecule has 1 aliphatic rings. The van der Waals surface area contributed by atoms with Gasteiger partial charge in [0.2, 0.25) is 0 Å². The van der Waals surface area contributed by atoms with E-state index < -0.39 is 0 Å². The van der Waals surface area contributed by atoms with E-state index in [1.54, 1.807) is 0 Å². The first kappa shape index (κ1) is 13.9. The van der Waals surface area contributed by atoms with Crippen LogP contribution in [-0.4, -0.2) is 37.0 Å². The number of hydrogen-bond acceptors (Lipinski definition) is 3. The monoisotopic (exact) mass is 262 g/mol. The molecule has 1 saturated heterocycles. The van der Waals surface area contributed by atoms with E-state index in [1.807, 2.05) is 36.1 Å². The molecule has 1 aromatic carbocycles. The van der Waals surface area contributed by atoms with Crippen molar-refractivity contribution in [3.63, 3.8) is 0 Å². The van der Waals surface area contributed by atoms with Crippen molar-refractivity contribution >= 4 is 5.91 Å². The van der Waals surface area contributed by atoms with Crippen molar-refractivity contribution in [1.82, 2.24) is 4.90 Å². The van der Waals surface area contributed by atoms with Crippen LogP contribution in [0.1, 0.15) is 30.6 Å². The third-order valence-electron chi connectivity index (χ3n) is 3.73. The topological polar surface area (TPSA) is 55.6 Å². The summed E-state index contributed by atoms with van der Waals surface area (Å²) >= 11 is 0. The van der Waals surface area contributed by atoms with Gasteiger partial charge in [0.15, 0.2) is 0 Å². The number of hydrogen-bond donors (Lipinski definition) is 1. The van der Waals surface area contributed by atoms with Crippen molar-refractivity contribution in [3.8, 4) is 5.75 Å². The lowest BCUT2D eigenvalue weighted by molar-refractivity contribution is 0.0776. The summed E-state index contributed by atoms with van der Waals surface area (Å²) in [6.07, 6.45) is 0.973. The maximum absolute atomic E-state index is 12.4. The van der Waals surface area contributed by atoms with Crippen molar-refractivity contribution in [2.75, 3.05) is 26.2 Å². The average Bonchev–Trinajstić information content (AvgIpc) is 2.82. The van der Waals surface area contributed by atoms with Crippen LogP contribution >= 0.6 is 0 Å². The molecule has 0 radical (unpaired) electrons. The Kier molecular flexibility index (Phi) is 4.10. The molecule has 1 aliphatic heterocycles. The summed E-state index contributed by atoms with van der Waals surface area (Å²) in [5.74, 6) is 0.813. The molecule has 0 spiro atoms. The molecule has 1 unspecified atom stereocenters. The van der Waals surface area contributed by atoms with Crippen molar-refractivity contribution < 1.29 is 9.53 Å². The third-order valence-corrected chi connectivity index (χ3v) is 3.73. The van der Waals surface area contributed by atoms with Gasteiger partial charge in [0, 0.05) is 18.7 Å². The fraction of sp³-hybridized carbons (Fsp3) is 0.533. The lowest BCUT2D eigenvalue weighted by atomic mass is 9.90. The van der Waals surface area contributed by atoms with Crippen LogP contribution < -0.4 is 10.5 Å². The molecule has 0 saturated carbocycles. The summed E-state index contributed by atoms with van der Waals surface area (Å²) in [6.45, 7) is 6.81. The van der Waals surface area contributed by atoms with Gasteiger partial charge in [0.1, 0.15) is 5.75 Å². The number of amides is 1. The van der Waals surface area contributed by atoms with Crippen molar-refractivity contribution in [2.24, 2.45) is 11.1 Å². The molecule has 2 rings (SSSR count). The van der Waals surface area contributed by atoms with Crippen LogP contribution in [0.2, 0.25) is 0 Å². The van der Waals surface area contributed by atoms with Gasteiger partial charge in [-0.1, -0.05) is 13.0 Å². The quantitative estimate of drug-likeness (QED) is 0.901. The Bertz CT molecular complexity index is 461. The van der Waals surface area contributed by atoms with Crippen LogP contribution in [-0.2, 0) is 0 Å². The molecular formula is C15H22N2O2. The fourth-order valence-corrected chi connectivity index (χ4v) is 2.43. The van der Waals surface area contributed by atoms with E-state index >= 15 is 0 Å². The highest BCUT2D eigenvalue weighted by atomic mass is 16.5. The SMILES string of the molecule is CCOc1cccc(C(=O)N2CCC(C)(CN)C2)c1. The second-order valence-corrected chi connectivity index (χ2v) is 5.45. The van der Waals surface area contributed by atoms with E-state index in [9.17, 15) is 4.79 Å². The first-order valence-electron chi connectivity index (χ1n) is 6.80. The second-order valence-electron chi connectivity index (χ2n) is 5.45. The Morgan fingerprint density at radius 2 is 2.32 bits per heavy atom. The minimum absolute atomic E-state index is 0.0627. The number of rotatable bonds is 4. The minimum atomic E-state index is 0.0627. The number of ether oxygens (including phenoxy) is 1. The molecule has 0 bridgehead atoms. The Hall–Kier alpha value is -1.55.